The Morgan fingerprint density at radius 3 is 2.50 bits per heavy atom. The summed E-state index contributed by atoms with van der Waals surface area (Å²) >= 11 is 6.09. The van der Waals surface area contributed by atoms with Gasteiger partial charge in [-0.3, -0.25) is 9.69 Å². The molecule has 2 rings (SSSR count). The fourth-order valence-corrected chi connectivity index (χ4v) is 2.33. The lowest BCUT2D eigenvalue weighted by Gasteiger charge is -2.17. The number of anilines is 1. The van der Waals surface area contributed by atoms with Gasteiger partial charge in [0.15, 0.2) is 0 Å². The molecule has 0 saturated carbocycles. The molecule has 0 aromatic heterocycles. The molecule has 0 aliphatic heterocycles. The first-order chi connectivity index (χ1) is 11.4. The van der Waals surface area contributed by atoms with Crippen LogP contribution in [0.2, 0.25) is 5.02 Å². The second kappa shape index (κ2) is 8.61. The summed E-state index contributed by atoms with van der Waals surface area (Å²) in [5.41, 5.74) is 1.44. The minimum Gasteiger partial charge on any atom is -0.435 e. The van der Waals surface area contributed by atoms with E-state index >= 15 is 0 Å². The third-order valence-electron chi connectivity index (χ3n) is 3.17. The number of alkyl halides is 2. The Bertz CT molecular complexity index is 681. The Kier molecular flexibility index (Phi) is 6.52. The number of nitrogens with zero attached hydrogens (tertiary/aromatic N) is 1. The maximum atomic E-state index is 12.1. The third kappa shape index (κ3) is 5.79. The van der Waals surface area contributed by atoms with Gasteiger partial charge in [-0.1, -0.05) is 29.8 Å². The third-order valence-corrected chi connectivity index (χ3v) is 3.54. The van der Waals surface area contributed by atoms with Crippen molar-refractivity contribution in [3.63, 3.8) is 0 Å². The van der Waals surface area contributed by atoms with Gasteiger partial charge >= 0.3 is 6.61 Å². The molecule has 0 aliphatic carbocycles. The molecule has 7 heteroatoms. The second-order valence-corrected chi connectivity index (χ2v) is 5.62. The smallest absolute Gasteiger partial charge is 0.387 e. The summed E-state index contributed by atoms with van der Waals surface area (Å²) < 4.78 is 28.4. The fourth-order valence-electron chi connectivity index (χ4n) is 2.14. The van der Waals surface area contributed by atoms with Crippen LogP contribution in [0.4, 0.5) is 14.5 Å². The van der Waals surface area contributed by atoms with Crippen LogP contribution < -0.4 is 10.1 Å². The number of benzene rings is 2. The minimum atomic E-state index is -2.87. The average Bonchev–Trinajstić information content (AvgIpc) is 2.51. The number of amides is 1. The fraction of sp³-hybridized carbons (Fsp3) is 0.235. The monoisotopic (exact) mass is 354 g/mol. The maximum absolute atomic E-state index is 12.1. The molecule has 2 aromatic carbocycles. The zero-order valence-corrected chi connectivity index (χ0v) is 13.8. The van der Waals surface area contributed by atoms with Crippen molar-refractivity contribution in [3.8, 4) is 5.75 Å². The molecule has 1 N–H and O–H groups in total. The lowest BCUT2D eigenvalue weighted by Crippen LogP contribution is -2.29. The highest BCUT2D eigenvalue weighted by Crippen LogP contribution is 2.18. The Morgan fingerprint density at radius 1 is 1.21 bits per heavy atom. The Balaban J connectivity index is 1.85. The van der Waals surface area contributed by atoms with Crippen LogP contribution in [0.1, 0.15) is 5.56 Å². The van der Waals surface area contributed by atoms with Crippen molar-refractivity contribution in [2.75, 3.05) is 18.9 Å². The Morgan fingerprint density at radius 2 is 1.88 bits per heavy atom. The van der Waals surface area contributed by atoms with E-state index in [1.807, 2.05) is 30.1 Å². The highest BCUT2D eigenvalue weighted by molar-refractivity contribution is 6.31. The van der Waals surface area contributed by atoms with Gasteiger partial charge in [-0.25, -0.2) is 0 Å². The average molecular weight is 355 g/mol. The lowest BCUT2D eigenvalue weighted by atomic mass is 10.2. The molecule has 4 nitrogen and oxygen atoms in total. The molecule has 0 aliphatic rings. The molecule has 1 amide bonds. The molecule has 0 bridgehead atoms. The Labute approximate surface area is 144 Å². The van der Waals surface area contributed by atoms with Crippen LogP contribution in [0.3, 0.4) is 0 Å². The van der Waals surface area contributed by atoms with Crippen molar-refractivity contribution in [2.45, 2.75) is 13.2 Å². The lowest BCUT2D eigenvalue weighted by molar-refractivity contribution is -0.117. The molecule has 0 unspecified atom stereocenters. The molecule has 0 spiro atoms. The van der Waals surface area contributed by atoms with E-state index in [1.165, 1.54) is 24.3 Å². The van der Waals surface area contributed by atoms with E-state index < -0.39 is 6.61 Å². The van der Waals surface area contributed by atoms with E-state index in [-0.39, 0.29) is 18.2 Å². The number of hydrogen-bond acceptors (Lipinski definition) is 3. The van der Waals surface area contributed by atoms with Crippen molar-refractivity contribution < 1.29 is 18.3 Å². The zero-order valence-electron chi connectivity index (χ0n) is 13.0. The molecule has 0 heterocycles. The number of carbonyl (C=O) groups excluding carboxylic acids is 1. The molecule has 0 saturated heterocycles. The van der Waals surface area contributed by atoms with Gasteiger partial charge in [-0.15, -0.1) is 0 Å². The first kappa shape index (κ1) is 18.2. The number of ether oxygens (including phenoxy) is 1. The predicted molar refractivity (Wildman–Crippen MR) is 89.5 cm³/mol. The molecule has 0 radical (unpaired) electrons. The van der Waals surface area contributed by atoms with E-state index in [4.69, 9.17) is 11.6 Å². The van der Waals surface area contributed by atoms with E-state index in [0.717, 1.165) is 5.56 Å². The highest BCUT2D eigenvalue weighted by atomic mass is 35.5. The largest absolute Gasteiger partial charge is 0.435 e. The van der Waals surface area contributed by atoms with E-state index in [1.54, 1.807) is 6.07 Å². The molecular weight excluding hydrogens is 338 g/mol. The van der Waals surface area contributed by atoms with Crippen LogP contribution in [-0.4, -0.2) is 31.0 Å². The van der Waals surface area contributed by atoms with E-state index in [0.29, 0.717) is 17.3 Å². The van der Waals surface area contributed by atoms with Crippen molar-refractivity contribution in [2.24, 2.45) is 0 Å². The van der Waals surface area contributed by atoms with Crippen LogP contribution in [0.5, 0.6) is 5.75 Å². The molecular formula is C17H17ClF2N2O2. The standard InChI is InChI=1S/C17H17ClF2N2O2/c1-22(10-12-4-2-3-5-15(12)18)11-16(23)21-13-6-8-14(9-7-13)24-17(19)20/h2-9,17H,10-11H2,1H3,(H,21,23). The van der Waals surface area contributed by atoms with Gasteiger partial charge in [-0.05, 0) is 42.9 Å². The van der Waals surface area contributed by atoms with Crippen molar-refractivity contribution in [1.82, 2.24) is 4.90 Å². The van der Waals surface area contributed by atoms with Gasteiger partial charge < -0.3 is 10.1 Å². The first-order valence-electron chi connectivity index (χ1n) is 7.20. The number of hydrogen-bond donors (Lipinski definition) is 1. The van der Waals surface area contributed by atoms with Gasteiger partial charge in [0.05, 0.1) is 6.54 Å². The van der Waals surface area contributed by atoms with Gasteiger partial charge in [0.25, 0.3) is 0 Å². The quantitative estimate of drug-likeness (QED) is 0.816. The van der Waals surface area contributed by atoms with Crippen LogP contribution in [-0.2, 0) is 11.3 Å². The van der Waals surface area contributed by atoms with E-state index in [2.05, 4.69) is 10.1 Å². The molecule has 128 valence electrons. The van der Waals surface area contributed by atoms with Crippen LogP contribution in [0.15, 0.2) is 48.5 Å². The number of rotatable bonds is 7. The van der Waals surface area contributed by atoms with Crippen LogP contribution in [0.25, 0.3) is 0 Å². The van der Waals surface area contributed by atoms with Crippen LogP contribution in [0, 0.1) is 0 Å². The predicted octanol–water partition coefficient (Wildman–Crippen LogP) is 4.01. The van der Waals surface area contributed by atoms with Gasteiger partial charge in [-0.2, -0.15) is 8.78 Å². The molecule has 0 fully saturated rings. The summed E-state index contributed by atoms with van der Waals surface area (Å²) in [6.45, 7) is -2.17. The summed E-state index contributed by atoms with van der Waals surface area (Å²) in [6.07, 6.45) is 0. The normalized spacial score (nSPS) is 10.9. The van der Waals surface area contributed by atoms with Gasteiger partial charge in [0.1, 0.15) is 5.75 Å². The Hall–Kier alpha value is -2.18. The van der Waals surface area contributed by atoms with Crippen LogP contribution >= 0.6 is 11.6 Å². The van der Waals surface area contributed by atoms with Gasteiger partial charge in [0.2, 0.25) is 5.91 Å². The summed E-state index contributed by atoms with van der Waals surface area (Å²) in [5, 5.41) is 3.35. The second-order valence-electron chi connectivity index (χ2n) is 5.21. The minimum absolute atomic E-state index is 0.0406. The number of likely N-dealkylation sites (N-methyl/N-ethyl adjacent to an activating group) is 1. The zero-order chi connectivity index (χ0) is 17.5. The van der Waals surface area contributed by atoms with Crippen molar-refractivity contribution in [3.05, 3.63) is 59.1 Å². The summed E-state index contributed by atoms with van der Waals surface area (Å²) in [7, 11) is 1.81. The van der Waals surface area contributed by atoms with E-state index in [9.17, 15) is 13.6 Å². The number of nitrogens with one attached hydrogen (secondary N) is 1. The molecule has 2 aromatic rings. The SMILES string of the molecule is CN(CC(=O)Nc1ccc(OC(F)F)cc1)Cc1ccccc1Cl. The summed E-state index contributed by atoms with van der Waals surface area (Å²) in [4.78, 5) is 13.8. The molecule has 24 heavy (non-hydrogen) atoms. The number of halogens is 3. The highest BCUT2D eigenvalue weighted by Gasteiger charge is 2.10. The number of carbonyl (C=O) groups is 1. The molecule has 0 atom stereocenters. The topological polar surface area (TPSA) is 41.6 Å². The summed E-state index contributed by atoms with van der Waals surface area (Å²) in [5.74, 6) is -0.175. The van der Waals surface area contributed by atoms with Crippen molar-refractivity contribution >= 4 is 23.2 Å². The van der Waals surface area contributed by atoms with Gasteiger partial charge in [0, 0.05) is 17.3 Å². The summed E-state index contributed by atoms with van der Waals surface area (Å²) in [6, 6.07) is 13.2. The first-order valence-corrected chi connectivity index (χ1v) is 7.58. The van der Waals surface area contributed by atoms with Crippen molar-refractivity contribution in [1.29, 1.82) is 0 Å². The maximum Gasteiger partial charge on any atom is 0.387 e.